The molecule has 1 saturated carbocycles. The van der Waals surface area contributed by atoms with Crippen LogP contribution in [0.5, 0.6) is 0 Å². The lowest BCUT2D eigenvalue weighted by Gasteiger charge is -2.38. The van der Waals surface area contributed by atoms with Gasteiger partial charge in [0.25, 0.3) is 0 Å². The third-order valence-corrected chi connectivity index (χ3v) is 7.29. The maximum absolute atomic E-state index is 6.02. The Labute approximate surface area is 164 Å². The van der Waals surface area contributed by atoms with Crippen molar-refractivity contribution in [2.75, 3.05) is 20.2 Å². The number of nitrogens with zero attached hydrogens (tertiary/aromatic N) is 3. The second-order valence-electron chi connectivity index (χ2n) is 8.18. The molecule has 3 heterocycles. The summed E-state index contributed by atoms with van der Waals surface area (Å²) in [6, 6.07) is 11.1. The highest BCUT2D eigenvalue weighted by Crippen LogP contribution is 2.44. The Morgan fingerprint density at radius 3 is 2.74 bits per heavy atom. The smallest absolute Gasteiger partial charge is 0.107 e. The van der Waals surface area contributed by atoms with Gasteiger partial charge in [-0.2, -0.15) is 11.3 Å². The molecule has 1 aliphatic heterocycles. The number of fused-ring (bicyclic) bond motifs is 2. The Kier molecular flexibility index (Phi) is 4.54. The fraction of sp³-hybridized carbons (Fsp3) is 0.500. The van der Waals surface area contributed by atoms with Crippen molar-refractivity contribution in [3.63, 3.8) is 0 Å². The van der Waals surface area contributed by atoms with Crippen LogP contribution in [0.25, 0.3) is 11.0 Å². The quantitative estimate of drug-likeness (QED) is 0.666. The van der Waals surface area contributed by atoms with E-state index >= 15 is 0 Å². The van der Waals surface area contributed by atoms with Crippen LogP contribution in [0.3, 0.4) is 0 Å². The second-order valence-corrected chi connectivity index (χ2v) is 8.96. The molecule has 3 aromatic rings. The first-order valence-corrected chi connectivity index (χ1v) is 10.9. The van der Waals surface area contributed by atoms with E-state index in [1.807, 2.05) is 7.11 Å². The van der Waals surface area contributed by atoms with E-state index in [2.05, 4.69) is 57.5 Å². The number of rotatable bonds is 4. The summed E-state index contributed by atoms with van der Waals surface area (Å²) in [7, 11) is 1.88. The van der Waals surface area contributed by atoms with Crippen molar-refractivity contribution in [2.24, 2.45) is 11.8 Å². The molecule has 142 valence electrons. The molecule has 0 amide bonds. The first kappa shape index (κ1) is 17.4. The van der Waals surface area contributed by atoms with E-state index in [1.54, 1.807) is 11.3 Å². The number of hydrogen-bond acceptors (Lipinski definition) is 4. The second kappa shape index (κ2) is 7.04. The zero-order chi connectivity index (χ0) is 18.4. The topological polar surface area (TPSA) is 30.3 Å². The van der Waals surface area contributed by atoms with Crippen LogP contribution in [0.1, 0.15) is 30.3 Å². The van der Waals surface area contributed by atoms with Crippen LogP contribution in [0.2, 0.25) is 0 Å². The average molecular weight is 382 g/mol. The minimum Gasteiger partial charge on any atom is -0.379 e. The van der Waals surface area contributed by atoms with Gasteiger partial charge in [0.2, 0.25) is 0 Å². The van der Waals surface area contributed by atoms with Crippen LogP contribution in [-0.4, -0.2) is 40.8 Å². The molecule has 0 unspecified atom stereocenters. The zero-order valence-corrected chi connectivity index (χ0v) is 16.9. The number of aromatic nitrogens is 2. The molecule has 5 heteroatoms. The molecular formula is C22H27N3OS. The maximum atomic E-state index is 6.02. The number of hydrogen-bond donors (Lipinski definition) is 0. The van der Waals surface area contributed by atoms with E-state index in [-0.39, 0.29) is 6.10 Å². The first-order valence-electron chi connectivity index (χ1n) is 9.92. The number of likely N-dealkylation sites (tertiary alicyclic amines) is 1. The van der Waals surface area contributed by atoms with Gasteiger partial charge in [0.15, 0.2) is 0 Å². The third kappa shape index (κ3) is 3.12. The standard InChI is InChI=1S/C22H27N3OS/c1-15-23-19-5-3-4-6-20(19)25(15)21-9-17-12-24(11-16-7-8-27-14-16)13-18(17)10-22(21)26-2/h3-8,14,17-18,21-22H,9-13H2,1-2H3/t17-,18+,21-,22-/m0/s1. The number of para-hydroxylation sites is 2. The van der Waals surface area contributed by atoms with Gasteiger partial charge in [0.05, 0.1) is 23.2 Å². The fourth-order valence-electron chi connectivity index (χ4n) is 5.37. The Balaban J connectivity index is 1.41. The van der Waals surface area contributed by atoms with E-state index in [1.165, 1.54) is 30.6 Å². The van der Waals surface area contributed by atoms with Gasteiger partial charge in [-0.3, -0.25) is 4.90 Å². The summed E-state index contributed by atoms with van der Waals surface area (Å²) in [5.41, 5.74) is 3.79. The van der Waals surface area contributed by atoms with E-state index in [4.69, 9.17) is 9.72 Å². The molecular weight excluding hydrogens is 354 g/mol. The molecule has 0 spiro atoms. The molecule has 4 nitrogen and oxygen atoms in total. The molecule has 27 heavy (non-hydrogen) atoms. The van der Waals surface area contributed by atoms with Crippen LogP contribution in [0, 0.1) is 18.8 Å². The largest absolute Gasteiger partial charge is 0.379 e. The predicted molar refractivity (Wildman–Crippen MR) is 110 cm³/mol. The van der Waals surface area contributed by atoms with Gasteiger partial charge < -0.3 is 9.30 Å². The normalized spacial score (nSPS) is 28.7. The lowest BCUT2D eigenvalue weighted by atomic mass is 9.77. The van der Waals surface area contributed by atoms with Crippen molar-refractivity contribution in [1.29, 1.82) is 0 Å². The highest BCUT2D eigenvalue weighted by atomic mass is 32.1. The van der Waals surface area contributed by atoms with Crippen LogP contribution < -0.4 is 0 Å². The van der Waals surface area contributed by atoms with Crippen molar-refractivity contribution >= 4 is 22.4 Å². The Morgan fingerprint density at radius 2 is 1.96 bits per heavy atom. The van der Waals surface area contributed by atoms with E-state index in [0.29, 0.717) is 6.04 Å². The summed E-state index contributed by atoms with van der Waals surface area (Å²) in [5.74, 6) is 2.61. The fourth-order valence-corrected chi connectivity index (χ4v) is 6.03. The molecule has 1 saturated heterocycles. The number of ether oxygens (including phenoxy) is 1. The van der Waals surface area contributed by atoms with Crippen molar-refractivity contribution in [2.45, 2.75) is 38.5 Å². The summed E-state index contributed by atoms with van der Waals surface area (Å²) in [6.07, 6.45) is 2.60. The Hall–Kier alpha value is -1.69. The zero-order valence-electron chi connectivity index (χ0n) is 16.0. The van der Waals surface area contributed by atoms with Crippen molar-refractivity contribution < 1.29 is 4.74 Å². The molecule has 0 bridgehead atoms. The number of aryl methyl sites for hydroxylation is 1. The summed E-state index contributed by atoms with van der Waals surface area (Å²) in [6.45, 7) is 5.64. The highest BCUT2D eigenvalue weighted by Gasteiger charge is 2.43. The lowest BCUT2D eigenvalue weighted by molar-refractivity contribution is -0.0000725. The van der Waals surface area contributed by atoms with Gasteiger partial charge in [-0.25, -0.2) is 4.98 Å². The third-order valence-electron chi connectivity index (χ3n) is 6.55. The molecule has 5 rings (SSSR count). The number of imidazole rings is 1. The van der Waals surface area contributed by atoms with Gasteiger partial charge in [-0.1, -0.05) is 12.1 Å². The minimum absolute atomic E-state index is 0.267. The SMILES string of the molecule is CO[C@H]1C[C@@H]2CN(Cc3ccsc3)C[C@@H]2C[C@@H]1n1c(C)nc2ccccc21. The van der Waals surface area contributed by atoms with Gasteiger partial charge in [-0.05, 0) is 66.1 Å². The molecule has 0 radical (unpaired) electrons. The Bertz CT molecular complexity index is 919. The lowest BCUT2D eigenvalue weighted by Crippen LogP contribution is -2.37. The predicted octanol–water partition coefficient (Wildman–Crippen LogP) is 4.50. The number of benzene rings is 1. The molecule has 1 aliphatic carbocycles. The molecule has 2 aromatic heterocycles. The van der Waals surface area contributed by atoms with Gasteiger partial charge in [0.1, 0.15) is 5.82 Å². The van der Waals surface area contributed by atoms with E-state index < -0.39 is 0 Å². The molecule has 4 atom stereocenters. The summed E-state index contributed by atoms with van der Waals surface area (Å²) in [4.78, 5) is 7.45. The summed E-state index contributed by atoms with van der Waals surface area (Å²) in [5, 5.41) is 4.46. The molecule has 2 aliphatic rings. The minimum atomic E-state index is 0.267. The number of methoxy groups -OCH3 is 1. The molecule has 2 fully saturated rings. The van der Waals surface area contributed by atoms with Crippen molar-refractivity contribution in [3.05, 3.63) is 52.5 Å². The number of thiophene rings is 1. The van der Waals surface area contributed by atoms with Crippen LogP contribution in [0.15, 0.2) is 41.1 Å². The monoisotopic (exact) mass is 381 g/mol. The average Bonchev–Trinajstić information content (AvgIpc) is 3.38. The maximum Gasteiger partial charge on any atom is 0.107 e. The Morgan fingerprint density at radius 1 is 1.15 bits per heavy atom. The van der Waals surface area contributed by atoms with E-state index in [0.717, 1.165) is 36.1 Å². The first-order chi connectivity index (χ1) is 13.2. The summed E-state index contributed by atoms with van der Waals surface area (Å²) >= 11 is 1.80. The van der Waals surface area contributed by atoms with Gasteiger partial charge in [0, 0.05) is 26.7 Å². The highest BCUT2D eigenvalue weighted by molar-refractivity contribution is 7.07. The molecule has 1 aromatic carbocycles. The summed E-state index contributed by atoms with van der Waals surface area (Å²) < 4.78 is 8.46. The van der Waals surface area contributed by atoms with Crippen LogP contribution in [0.4, 0.5) is 0 Å². The van der Waals surface area contributed by atoms with Crippen LogP contribution in [-0.2, 0) is 11.3 Å². The van der Waals surface area contributed by atoms with Crippen LogP contribution >= 0.6 is 11.3 Å². The van der Waals surface area contributed by atoms with Gasteiger partial charge in [-0.15, -0.1) is 0 Å². The van der Waals surface area contributed by atoms with Crippen molar-refractivity contribution in [1.82, 2.24) is 14.5 Å². The van der Waals surface area contributed by atoms with Crippen molar-refractivity contribution in [3.8, 4) is 0 Å². The van der Waals surface area contributed by atoms with E-state index in [9.17, 15) is 0 Å². The molecule has 0 N–H and O–H groups in total. The van der Waals surface area contributed by atoms with Gasteiger partial charge >= 0.3 is 0 Å².